The van der Waals surface area contributed by atoms with Crippen molar-refractivity contribution in [3.63, 3.8) is 0 Å². The van der Waals surface area contributed by atoms with Crippen LogP contribution in [0.2, 0.25) is 0 Å². The van der Waals surface area contributed by atoms with Crippen molar-refractivity contribution in [1.82, 2.24) is 24.1 Å². The largest absolute Gasteiger partial charge is 0.309 e. The molecule has 1 aliphatic rings. The van der Waals surface area contributed by atoms with Crippen molar-refractivity contribution in [3.8, 4) is 45.3 Å². The highest BCUT2D eigenvalue weighted by molar-refractivity contribution is 6.18. The molecule has 8 aromatic carbocycles. The van der Waals surface area contributed by atoms with Gasteiger partial charge in [0, 0.05) is 32.8 Å². The first kappa shape index (κ1) is 31.7. The molecule has 5 nitrogen and oxygen atoms in total. The third kappa shape index (κ3) is 4.85. The maximum atomic E-state index is 5.48. The quantitative estimate of drug-likeness (QED) is 0.177. The van der Waals surface area contributed by atoms with Crippen molar-refractivity contribution in [2.45, 2.75) is 5.92 Å². The Kier molecular flexibility index (Phi) is 6.92. The van der Waals surface area contributed by atoms with Crippen LogP contribution in [-0.4, -0.2) is 24.1 Å². The zero-order valence-electron chi connectivity index (χ0n) is 30.8. The summed E-state index contributed by atoms with van der Waals surface area (Å²) in [4.78, 5) is 16.2. The molecule has 1 aliphatic carbocycles. The van der Waals surface area contributed by atoms with Crippen molar-refractivity contribution >= 4 is 43.6 Å². The number of para-hydroxylation sites is 3. The van der Waals surface area contributed by atoms with Crippen molar-refractivity contribution in [2.75, 3.05) is 0 Å². The molecule has 0 aliphatic heterocycles. The number of rotatable bonds is 5. The summed E-state index contributed by atoms with van der Waals surface area (Å²) in [5, 5.41) is 4.66. The second-order valence-corrected chi connectivity index (χ2v) is 14.8. The van der Waals surface area contributed by atoms with E-state index < -0.39 is 0 Å². The summed E-state index contributed by atoms with van der Waals surface area (Å²) in [5.41, 5.74) is 13.7. The van der Waals surface area contributed by atoms with Crippen molar-refractivity contribution in [2.24, 2.45) is 0 Å². The molecule has 0 fully saturated rings. The fourth-order valence-corrected chi connectivity index (χ4v) is 9.12. The molecular formula is C52H33N5. The molecule has 11 aromatic rings. The van der Waals surface area contributed by atoms with Gasteiger partial charge in [0.05, 0.1) is 28.0 Å². The molecule has 0 atom stereocenters. The van der Waals surface area contributed by atoms with Crippen LogP contribution in [0.1, 0.15) is 22.9 Å². The van der Waals surface area contributed by atoms with E-state index in [1.54, 1.807) is 0 Å². The van der Waals surface area contributed by atoms with Gasteiger partial charge in [-0.15, -0.1) is 0 Å². The Morgan fingerprint density at radius 1 is 0.351 bits per heavy atom. The zero-order chi connectivity index (χ0) is 37.5. The van der Waals surface area contributed by atoms with Crippen molar-refractivity contribution < 1.29 is 0 Å². The summed E-state index contributed by atoms with van der Waals surface area (Å²) in [5.74, 6) is 1.82. The fraction of sp³-hybridized carbons (Fsp3) is 0.0192. The molecule has 0 radical (unpaired) electrons. The van der Waals surface area contributed by atoms with E-state index >= 15 is 0 Å². The number of hydrogen-bond donors (Lipinski definition) is 0. The second kappa shape index (κ2) is 12.4. The summed E-state index contributed by atoms with van der Waals surface area (Å²) in [6.45, 7) is 0. The Bertz CT molecular complexity index is 3300. The lowest BCUT2D eigenvalue weighted by Crippen LogP contribution is -2.12. The highest BCUT2D eigenvalue weighted by Crippen LogP contribution is 2.47. The Morgan fingerprint density at radius 3 is 1.49 bits per heavy atom. The highest BCUT2D eigenvalue weighted by atomic mass is 15.2. The predicted molar refractivity (Wildman–Crippen MR) is 232 cm³/mol. The molecular weight excluding hydrogens is 695 g/mol. The fourth-order valence-electron chi connectivity index (χ4n) is 9.12. The molecule has 0 saturated carbocycles. The molecule has 57 heavy (non-hydrogen) atoms. The Balaban J connectivity index is 1.14. The van der Waals surface area contributed by atoms with Crippen LogP contribution in [0.3, 0.4) is 0 Å². The normalized spacial score (nSPS) is 12.5. The van der Waals surface area contributed by atoms with E-state index in [0.29, 0.717) is 11.8 Å². The molecule has 0 bridgehead atoms. The summed E-state index contributed by atoms with van der Waals surface area (Å²) in [6, 6.07) is 69.0. The number of aromatic nitrogens is 5. The molecule has 0 unspecified atom stereocenters. The summed E-state index contributed by atoms with van der Waals surface area (Å²) in [6.07, 6.45) is 0. The van der Waals surface area contributed by atoms with E-state index in [1.807, 2.05) is 6.07 Å². The van der Waals surface area contributed by atoms with Gasteiger partial charge in [-0.25, -0.2) is 4.98 Å². The van der Waals surface area contributed by atoms with Gasteiger partial charge in [0.1, 0.15) is 5.82 Å². The summed E-state index contributed by atoms with van der Waals surface area (Å²) >= 11 is 0. The first-order valence-electron chi connectivity index (χ1n) is 19.4. The van der Waals surface area contributed by atoms with Crippen LogP contribution in [0.5, 0.6) is 0 Å². The Hall–Kier alpha value is -7.63. The van der Waals surface area contributed by atoms with Crippen molar-refractivity contribution in [1.29, 1.82) is 0 Å². The Morgan fingerprint density at radius 2 is 0.842 bits per heavy atom. The monoisotopic (exact) mass is 727 g/mol. The van der Waals surface area contributed by atoms with Gasteiger partial charge in [0.2, 0.25) is 5.95 Å². The minimum Gasteiger partial charge on any atom is -0.309 e. The number of benzene rings is 8. The lowest BCUT2D eigenvalue weighted by molar-refractivity contribution is 0.823. The van der Waals surface area contributed by atoms with E-state index in [9.17, 15) is 0 Å². The SMILES string of the molecule is c1ccc(-c2ccc(-c3nc(C4c5ccccc5-c5ccccc54)nc(-n4c5ccccc5c5cc6c(cc54)c4ccccc4n6-c4ccccc4)n3)cc2)cc1. The van der Waals surface area contributed by atoms with Gasteiger partial charge >= 0.3 is 0 Å². The number of nitrogens with zero attached hydrogens (tertiary/aromatic N) is 5. The molecule has 0 N–H and O–H groups in total. The van der Waals surface area contributed by atoms with E-state index in [1.165, 1.54) is 44.1 Å². The average molecular weight is 728 g/mol. The van der Waals surface area contributed by atoms with Gasteiger partial charge in [-0.1, -0.05) is 158 Å². The van der Waals surface area contributed by atoms with Crippen LogP contribution in [0, 0.1) is 0 Å². The third-order valence-electron chi connectivity index (χ3n) is 11.7. The second-order valence-electron chi connectivity index (χ2n) is 14.8. The van der Waals surface area contributed by atoms with Crippen LogP contribution in [0.15, 0.2) is 194 Å². The highest BCUT2D eigenvalue weighted by Gasteiger charge is 2.33. The molecule has 0 amide bonds. The van der Waals surface area contributed by atoms with E-state index in [-0.39, 0.29) is 5.92 Å². The minimum atomic E-state index is -0.148. The van der Waals surface area contributed by atoms with Gasteiger partial charge < -0.3 is 4.57 Å². The van der Waals surface area contributed by atoms with E-state index in [0.717, 1.165) is 50.0 Å². The van der Waals surface area contributed by atoms with Crippen LogP contribution < -0.4 is 0 Å². The van der Waals surface area contributed by atoms with Gasteiger partial charge in [-0.2, -0.15) is 9.97 Å². The maximum absolute atomic E-state index is 5.48. The molecule has 3 aromatic heterocycles. The van der Waals surface area contributed by atoms with Gasteiger partial charge in [-0.3, -0.25) is 4.57 Å². The van der Waals surface area contributed by atoms with Crippen LogP contribution in [-0.2, 0) is 0 Å². The first-order valence-corrected chi connectivity index (χ1v) is 19.4. The maximum Gasteiger partial charge on any atom is 0.238 e. The first-order chi connectivity index (χ1) is 28.3. The molecule has 5 heteroatoms. The lowest BCUT2D eigenvalue weighted by atomic mass is 9.96. The number of fused-ring (bicyclic) bond motifs is 9. The summed E-state index contributed by atoms with van der Waals surface area (Å²) in [7, 11) is 0. The summed E-state index contributed by atoms with van der Waals surface area (Å²) < 4.78 is 4.63. The van der Waals surface area contributed by atoms with Crippen LogP contribution in [0.25, 0.3) is 88.9 Å². The van der Waals surface area contributed by atoms with Crippen LogP contribution >= 0.6 is 0 Å². The standard InChI is InChI=1S/C52H33N5/c1-3-15-33(16-4-1)34-27-29-35(30-28-34)50-53-51(49-41-23-9-7-19-37(41)38-20-8-10-24-42(38)49)55-52(54-50)57-46-26-14-12-22-40(46)44-31-47-43(32-48(44)57)39-21-11-13-25-45(39)56(47)36-17-5-2-6-18-36/h1-32,49H. The predicted octanol–water partition coefficient (Wildman–Crippen LogP) is 12.6. The Labute approximate surface area is 328 Å². The smallest absolute Gasteiger partial charge is 0.238 e. The van der Waals surface area contributed by atoms with Gasteiger partial charge in [-0.05, 0) is 69.8 Å². The molecule has 12 rings (SSSR count). The van der Waals surface area contributed by atoms with Crippen molar-refractivity contribution in [3.05, 3.63) is 211 Å². The van der Waals surface area contributed by atoms with Gasteiger partial charge in [0.15, 0.2) is 5.82 Å². The van der Waals surface area contributed by atoms with E-state index in [4.69, 9.17) is 15.0 Å². The van der Waals surface area contributed by atoms with Crippen LogP contribution in [0.4, 0.5) is 0 Å². The van der Waals surface area contributed by atoms with Gasteiger partial charge in [0.25, 0.3) is 0 Å². The molecule has 0 saturated heterocycles. The zero-order valence-corrected chi connectivity index (χ0v) is 30.8. The average Bonchev–Trinajstić information content (AvgIpc) is 3.91. The topological polar surface area (TPSA) is 48.5 Å². The molecule has 266 valence electrons. The lowest BCUT2D eigenvalue weighted by Gasteiger charge is -2.16. The third-order valence-corrected chi connectivity index (χ3v) is 11.7. The molecule has 0 spiro atoms. The minimum absolute atomic E-state index is 0.148. The molecule has 3 heterocycles. The number of hydrogen-bond acceptors (Lipinski definition) is 3. The van der Waals surface area contributed by atoms with E-state index in [2.05, 4.69) is 197 Å².